The summed E-state index contributed by atoms with van der Waals surface area (Å²) in [5.74, 6) is -1.09. The highest BCUT2D eigenvalue weighted by molar-refractivity contribution is 6.01. The summed E-state index contributed by atoms with van der Waals surface area (Å²) >= 11 is 0. The van der Waals surface area contributed by atoms with Crippen molar-refractivity contribution in [2.45, 2.75) is 6.92 Å². The second-order valence-corrected chi connectivity index (χ2v) is 4.60. The number of amides is 2. The van der Waals surface area contributed by atoms with E-state index in [2.05, 4.69) is 10.3 Å². The summed E-state index contributed by atoms with van der Waals surface area (Å²) in [5.41, 5.74) is 2.14. The highest BCUT2D eigenvalue weighted by Crippen LogP contribution is 2.16. The molecule has 0 spiro atoms. The molecule has 0 atom stereocenters. The monoisotopic (exact) mass is 285 g/mol. The molecule has 2 aromatic rings. The zero-order valence-corrected chi connectivity index (χ0v) is 11.7. The average Bonchev–Trinajstić information content (AvgIpc) is 2.46. The van der Waals surface area contributed by atoms with Gasteiger partial charge in [0, 0.05) is 18.9 Å². The highest BCUT2D eigenvalue weighted by atomic mass is 16.4. The summed E-state index contributed by atoms with van der Waals surface area (Å²) in [6.07, 6.45) is 2.62. The van der Waals surface area contributed by atoms with Crippen molar-refractivity contribution in [1.82, 2.24) is 4.98 Å². The fourth-order valence-corrected chi connectivity index (χ4v) is 1.79. The van der Waals surface area contributed by atoms with E-state index in [-0.39, 0.29) is 11.6 Å². The fraction of sp³-hybridized carbons (Fsp3) is 0.133. The number of benzene rings is 1. The van der Waals surface area contributed by atoms with Gasteiger partial charge in [-0.05, 0) is 30.7 Å². The summed E-state index contributed by atoms with van der Waals surface area (Å²) in [5, 5.41) is 11.5. The lowest BCUT2D eigenvalue weighted by molar-refractivity contribution is 0.0696. The first-order valence-electron chi connectivity index (χ1n) is 6.27. The Labute approximate surface area is 122 Å². The van der Waals surface area contributed by atoms with Gasteiger partial charge in [-0.1, -0.05) is 12.1 Å². The third-order valence-corrected chi connectivity index (χ3v) is 2.93. The van der Waals surface area contributed by atoms with Gasteiger partial charge in [0.05, 0.1) is 17.4 Å². The van der Waals surface area contributed by atoms with Crippen molar-refractivity contribution in [2.24, 2.45) is 0 Å². The topological polar surface area (TPSA) is 82.5 Å². The standard InChI is InChI=1S/C15H15N3O3/c1-10-4-3-5-13(6-10)18(2)15(21)17-12-7-11(14(19)20)8-16-9-12/h3-9H,1-2H3,(H,17,21)(H,19,20). The molecule has 0 bridgehead atoms. The van der Waals surface area contributed by atoms with Crippen molar-refractivity contribution in [3.63, 3.8) is 0 Å². The predicted octanol–water partition coefficient (Wildman–Crippen LogP) is 2.76. The van der Waals surface area contributed by atoms with E-state index in [4.69, 9.17) is 5.11 Å². The van der Waals surface area contributed by atoms with Crippen molar-refractivity contribution >= 4 is 23.4 Å². The molecule has 21 heavy (non-hydrogen) atoms. The maximum absolute atomic E-state index is 12.1. The number of carboxylic acid groups (broad SMARTS) is 1. The van der Waals surface area contributed by atoms with Gasteiger partial charge in [-0.15, -0.1) is 0 Å². The number of nitrogens with one attached hydrogen (secondary N) is 1. The van der Waals surface area contributed by atoms with Gasteiger partial charge in [0.1, 0.15) is 0 Å². The molecule has 0 aliphatic heterocycles. The molecule has 2 rings (SSSR count). The smallest absolute Gasteiger partial charge is 0.337 e. The Bertz CT molecular complexity index is 685. The van der Waals surface area contributed by atoms with Crippen LogP contribution in [0.15, 0.2) is 42.7 Å². The highest BCUT2D eigenvalue weighted by Gasteiger charge is 2.12. The molecular formula is C15H15N3O3. The minimum Gasteiger partial charge on any atom is -0.478 e. The molecule has 0 fully saturated rings. The van der Waals surface area contributed by atoms with E-state index in [1.165, 1.54) is 23.4 Å². The number of pyridine rings is 1. The van der Waals surface area contributed by atoms with Crippen LogP contribution in [-0.2, 0) is 0 Å². The number of anilines is 2. The molecule has 1 aromatic heterocycles. The largest absolute Gasteiger partial charge is 0.478 e. The van der Waals surface area contributed by atoms with E-state index in [1.807, 2.05) is 31.2 Å². The number of aromatic nitrogens is 1. The van der Waals surface area contributed by atoms with Crippen LogP contribution in [0.5, 0.6) is 0 Å². The lowest BCUT2D eigenvalue weighted by Gasteiger charge is -2.18. The van der Waals surface area contributed by atoms with Crippen molar-refractivity contribution in [3.8, 4) is 0 Å². The molecule has 0 radical (unpaired) electrons. The second kappa shape index (κ2) is 6.04. The maximum Gasteiger partial charge on any atom is 0.337 e. The molecule has 0 aliphatic rings. The molecule has 6 heteroatoms. The van der Waals surface area contributed by atoms with Gasteiger partial charge in [0.25, 0.3) is 0 Å². The molecule has 2 N–H and O–H groups in total. The van der Waals surface area contributed by atoms with Crippen molar-refractivity contribution in [2.75, 3.05) is 17.3 Å². The zero-order valence-electron chi connectivity index (χ0n) is 11.7. The molecule has 2 amide bonds. The lowest BCUT2D eigenvalue weighted by atomic mass is 10.2. The van der Waals surface area contributed by atoms with Crippen LogP contribution in [0, 0.1) is 6.92 Å². The van der Waals surface area contributed by atoms with Gasteiger partial charge < -0.3 is 10.4 Å². The molecular weight excluding hydrogens is 270 g/mol. The van der Waals surface area contributed by atoms with Gasteiger partial charge in [-0.2, -0.15) is 0 Å². The molecule has 0 saturated heterocycles. The number of rotatable bonds is 3. The number of carbonyl (C=O) groups is 2. The van der Waals surface area contributed by atoms with E-state index in [0.717, 1.165) is 11.3 Å². The van der Waals surface area contributed by atoms with Crippen molar-refractivity contribution in [3.05, 3.63) is 53.9 Å². The van der Waals surface area contributed by atoms with Crippen LogP contribution in [0.25, 0.3) is 0 Å². The maximum atomic E-state index is 12.1. The van der Waals surface area contributed by atoms with Gasteiger partial charge in [-0.25, -0.2) is 9.59 Å². The predicted molar refractivity (Wildman–Crippen MR) is 79.8 cm³/mol. The summed E-state index contributed by atoms with van der Waals surface area (Å²) in [6.45, 7) is 1.94. The minimum atomic E-state index is -1.09. The molecule has 108 valence electrons. The van der Waals surface area contributed by atoms with Gasteiger partial charge in [-0.3, -0.25) is 9.88 Å². The van der Waals surface area contributed by atoms with Crippen LogP contribution in [-0.4, -0.2) is 29.1 Å². The van der Waals surface area contributed by atoms with E-state index in [9.17, 15) is 9.59 Å². The molecule has 0 saturated carbocycles. The van der Waals surface area contributed by atoms with Crippen LogP contribution in [0.4, 0.5) is 16.2 Å². The number of nitrogens with zero attached hydrogens (tertiary/aromatic N) is 2. The van der Waals surface area contributed by atoms with E-state index < -0.39 is 5.97 Å². The van der Waals surface area contributed by atoms with Gasteiger partial charge in [0.2, 0.25) is 0 Å². The summed E-state index contributed by atoms with van der Waals surface area (Å²) in [7, 11) is 1.64. The summed E-state index contributed by atoms with van der Waals surface area (Å²) < 4.78 is 0. The quantitative estimate of drug-likeness (QED) is 0.908. The lowest BCUT2D eigenvalue weighted by Crippen LogP contribution is -2.31. The van der Waals surface area contributed by atoms with Crippen LogP contribution < -0.4 is 10.2 Å². The summed E-state index contributed by atoms with van der Waals surface area (Å²) in [4.78, 5) is 28.2. The second-order valence-electron chi connectivity index (χ2n) is 4.60. The van der Waals surface area contributed by atoms with E-state index in [1.54, 1.807) is 7.05 Å². The van der Waals surface area contributed by atoms with Crippen molar-refractivity contribution < 1.29 is 14.7 Å². The van der Waals surface area contributed by atoms with Crippen LogP contribution in [0.3, 0.4) is 0 Å². The van der Waals surface area contributed by atoms with Crippen LogP contribution in [0.1, 0.15) is 15.9 Å². The molecule has 0 aliphatic carbocycles. The Morgan fingerprint density at radius 2 is 2.00 bits per heavy atom. The zero-order chi connectivity index (χ0) is 15.4. The number of urea groups is 1. The number of carboxylic acids is 1. The first kappa shape index (κ1) is 14.5. The molecule has 1 aromatic carbocycles. The third kappa shape index (κ3) is 3.56. The first-order valence-corrected chi connectivity index (χ1v) is 6.27. The van der Waals surface area contributed by atoms with Gasteiger partial charge in [0.15, 0.2) is 0 Å². The number of carbonyl (C=O) groups excluding carboxylic acids is 1. The summed E-state index contributed by atoms with van der Waals surface area (Å²) in [6, 6.07) is 8.49. The number of aromatic carboxylic acids is 1. The average molecular weight is 285 g/mol. The fourth-order valence-electron chi connectivity index (χ4n) is 1.79. The molecule has 6 nitrogen and oxygen atoms in total. The Morgan fingerprint density at radius 3 is 2.67 bits per heavy atom. The number of hydrogen-bond donors (Lipinski definition) is 2. The van der Waals surface area contributed by atoms with Crippen LogP contribution >= 0.6 is 0 Å². The normalized spacial score (nSPS) is 10.0. The van der Waals surface area contributed by atoms with Crippen LogP contribution in [0.2, 0.25) is 0 Å². The number of hydrogen-bond acceptors (Lipinski definition) is 3. The molecule has 1 heterocycles. The van der Waals surface area contributed by atoms with E-state index in [0.29, 0.717) is 5.69 Å². The Hall–Kier alpha value is -2.89. The first-order chi connectivity index (χ1) is 9.97. The Kier molecular flexibility index (Phi) is 4.18. The minimum absolute atomic E-state index is 0.0195. The van der Waals surface area contributed by atoms with Gasteiger partial charge >= 0.3 is 12.0 Å². The Balaban J connectivity index is 2.14. The van der Waals surface area contributed by atoms with Crippen molar-refractivity contribution in [1.29, 1.82) is 0 Å². The molecule has 0 unspecified atom stereocenters. The SMILES string of the molecule is Cc1cccc(N(C)C(=O)Nc2cncc(C(=O)O)c2)c1. The van der Waals surface area contributed by atoms with E-state index >= 15 is 0 Å². The third-order valence-electron chi connectivity index (χ3n) is 2.93. The Morgan fingerprint density at radius 1 is 1.24 bits per heavy atom. The number of aryl methyl sites for hydroxylation is 1.